The number of hydrogen-bond acceptors (Lipinski definition) is 1. The van der Waals surface area contributed by atoms with Crippen LogP contribution in [0.3, 0.4) is 0 Å². The number of nitrogens with one attached hydrogen (secondary N) is 1. The van der Waals surface area contributed by atoms with Gasteiger partial charge < -0.3 is 5.32 Å². The highest BCUT2D eigenvalue weighted by molar-refractivity contribution is 5.72. The Morgan fingerprint density at radius 3 is 1.64 bits per heavy atom. The second kappa shape index (κ2) is 6.95. The zero-order valence-electron chi connectivity index (χ0n) is 13.7. The van der Waals surface area contributed by atoms with Gasteiger partial charge in [-0.15, -0.1) is 0 Å². The number of rotatable bonds is 4. The van der Waals surface area contributed by atoms with Crippen molar-refractivity contribution < 1.29 is 0 Å². The normalized spacial score (nSPS) is 10.1. The van der Waals surface area contributed by atoms with Crippen molar-refractivity contribution in [3.8, 4) is 22.3 Å². The maximum Gasteiger partial charge on any atom is 0.0901 e. The summed E-state index contributed by atoms with van der Waals surface area (Å²) < 4.78 is 0. The zero-order valence-corrected chi connectivity index (χ0v) is 13.7. The van der Waals surface area contributed by atoms with Gasteiger partial charge in [-0.2, -0.15) is 0 Å². The Morgan fingerprint density at radius 1 is 0.520 bits per heavy atom. The molecule has 0 unspecified atom stereocenters. The lowest BCUT2D eigenvalue weighted by molar-refractivity contribution is 1.54. The van der Waals surface area contributed by atoms with E-state index in [4.69, 9.17) is 0 Å². The van der Waals surface area contributed by atoms with Gasteiger partial charge in [0, 0.05) is 5.69 Å². The molecule has 25 heavy (non-hydrogen) atoms. The minimum Gasteiger partial charge on any atom is -0.349 e. The van der Waals surface area contributed by atoms with Crippen LogP contribution in [0.1, 0.15) is 0 Å². The average molecular weight is 319 g/mol. The van der Waals surface area contributed by atoms with E-state index in [1.165, 1.54) is 22.3 Å². The first-order chi connectivity index (χ1) is 12.4. The summed E-state index contributed by atoms with van der Waals surface area (Å²) in [7, 11) is 0. The summed E-state index contributed by atoms with van der Waals surface area (Å²) in [5.41, 5.74) is 6.85. The monoisotopic (exact) mass is 319 g/mol. The van der Waals surface area contributed by atoms with Crippen LogP contribution < -0.4 is 5.32 Å². The molecule has 0 saturated carbocycles. The Bertz CT molecular complexity index is 925. The lowest BCUT2D eigenvalue weighted by Crippen LogP contribution is -1.88. The van der Waals surface area contributed by atoms with Crippen molar-refractivity contribution in [2.24, 2.45) is 0 Å². The zero-order chi connectivity index (χ0) is 16.9. The SMILES string of the molecule is c1cccc(Nc2ccc(-c3ccc(-c4ccccc4)cc3)cc2)c#1. The number of hydrogen-bond donors (Lipinski definition) is 1. The first kappa shape index (κ1) is 15.1. The maximum atomic E-state index is 3.33. The van der Waals surface area contributed by atoms with E-state index in [1.807, 2.05) is 24.3 Å². The van der Waals surface area contributed by atoms with E-state index >= 15 is 0 Å². The van der Waals surface area contributed by atoms with Gasteiger partial charge >= 0.3 is 0 Å². The maximum absolute atomic E-state index is 3.33. The first-order valence-electron chi connectivity index (χ1n) is 8.30. The van der Waals surface area contributed by atoms with Gasteiger partial charge in [-0.1, -0.05) is 78.9 Å². The summed E-state index contributed by atoms with van der Waals surface area (Å²) in [6.45, 7) is 0. The molecule has 0 aromatic heterocycles. The Kier molecular flexibility index (Phi) is 4.18. The number of anilines is 2. The van der Waals surface area contributed by atoms with Crippen LogP contribution in [0.15, 0.2) is 97.1 Å². The first-order valence-corrected chi connectivity index (χ1v) is 8.30. The summed E-state index contributed by atoms with van der Waals surface area (Å²) >= 11 is 0. The fourth-order valence-corrected chi connectivity index (χ4v) is 2.81. The molecule has 0 aliphatic rings. The highest BCUT2D eigenvalue weighted by Crippen LogP contribution is 2.26. The standard InChI is InChI=1S/C24H17N/c1-3-7-19(8-4-1)20-11-13-21(14-12-20)22-15-17-24(18-16-22)25-23-9-5-2-6-10-23/h1-5,7-9,11-18,25H. The van der Waals surface area contributed by atoms with Crippen LogP contribution in [-0.4, -0.2) is 0 Å². The Labute approximate surface area is 148 Å². The van der Waals surface area contributed by atoms with Gasteiger partial charge in [-0.25, -0.2) is 0 Å². The predicted molar refractivity (Wildman–Crippen MR) is 105 cm³/mol. The molecule has 0 aliphatic carbocycles. The van der Waals surface area contributed by atoms with Crippen LogP contribution in [0.4, 0.5) is 11.4 Å². The van der Waals surface area contributed by atoms with Crippen molar-refractivity contribution >= 4 is 11.4 Å². The van der Waals surface area contributed by atoms with Crippen LogP contribution >= 0.6 is 0 Å². The molecule has 0 spiro atoms. The molecule has 0 amide bonds. The van der Waals surface area contributed by atoms with Crippen molar-refractivity contribution in [3.63, 3.8) is 0 Å². The second-order valence-corrected chi connectivity index (χ2v) is 5.85. The van der Waals surface area contributed by atoms with Crippen LogP contribution in [-0.2, 0) is 0 Å². The quantitative estimate of drug-likeness (QED) is 0.461. The van der Waals surface area contributed by atoms with Gasteiger partial charge in [-0.3, -0.25) is 0 Å². The molecule has 1 N–H and O–H groups in total. The minimum atomic E-state index is 0.919. The summed E-state index contributed by atoms with van der Waals surface area (Å²) in [5.74, 6) is 0. The fraction of sp³-hybridized carbons (Fsp3) is 0. The summed E-state index contributed by atoms with van der Waals surface area (Å²) in [4.78, 5) is 0. The van der Waals surface area contributed by atoms with Crippen molar-refractivity contribution in [2.45, 2.75) is 0 Å². The van der Waals surface area contributed by atoms with Gasteiger partial charge in [0.1, 0.15) is 0 Å². The average Bonchev–Trinajstić information content (AvgIpc) is 2.70. The van der Waals surface area contributed by atoms with Gasteiger partial charge in [0.25, 0.3) is 0 Å². The Morgan fingerprint density at radius 2 is 1.08 bits per heavy atom. The van der Waals surface area contributed by atoms with E-state index in [0.717, 1.165) is 11.4 Å². The highest BCUT2D eigenvalue weighted by Gasteiger charge is 2.01. The third kappa shape index (κ3) is 3.54. The van der Waals surface area contributed by atoms with E-state index in [-0.39, 0.29) is 0 Å². The molecule has 4 aromatic rings. The van der Waals surface area contributed by atoms with Gasteiger partial charge in [0.05, 0.1) is 5.69 Å². The Hall–Kier alpha value is -3.50. The van der Waals surface area contributed by atoms with Crippen molar-refractivity contribution in [1.82, 2.24) is 0 Å². The van der Waals surface area contributed by atoms with E-state index in [0.29, 0.717) is 0 Å². The highest BCUT2D eigenvalue weighted by atomic mass is 14.9. The molecule has 4 aromatic carbocycles. The molecular formula is C24H17N. The van der Waals surface area contributed by atoms with Crippen molar-refractivity contribution in [3.05, 3.63) is 109 Å². The smallest absolute Gasteiger partial charge is 0.0901 e. The molecule has 118 valence electrons. The molecule has 4 rings (SSSR count). The van der Waals surface area contributed by atoms with E-state index in [9.17, 15) is 0 Å². The second-order valence-electron chi connectivity index (χ2n) is 5.85. The molecule has 0 aliphatic heterocycles. The van der Waals surface area contributed by atoms with E-state index in [2.05, 4.69) is 90.2 Å². The van der Waals surface area contributed by atoms with Gasteiger partial charge in [0.2, 0.25) is 0 Å². The molecule has 0 radical (unpaired) electrons. The third-order valence-corrected chi connectivity index (χ3v) is 4.14. The third-order valence-electron chi connectivity index (χ3n) is 4.14. The molecule has 0 fully saturated rings. The predicted octanol–water partition coefficient (Wildman–Crippen LogP) is 6.36. The molecule has 0 bridgehead atoms. The van der Waals surface area contributed by atoms with Crippen molar-refractivity contribution in [2.75, 3.05) is 5.32 Å². The summed E-state index contributed by atoms with van der Waals surface area (Å²) in [5, 5.41) is 3.33. The van der Waals surface area contributed by atoms with Crippen molar-refractivity contribution in [1.29, 1.82) is 0 Å². The van der Waals surface area contributed by atoms with Gasteiger partial charge in [0.15, 0.2) is 0 Å². The molecular weight excluding hydrogens is 302 g/mol. The van der Waals surface area contributed by atoms with E-state index in [1.54, 1.807) is 0 Å². The Balaban J connectivity index is 1.52. The number of benzene rings is 3. The van der Waals surface area contributed by atoms with Crippen LogP contribution in [0.5, 0.6) is 0 Å². The molecule has 1 heteroatoms. The minimum absolute atomic E-state index is 0.919. The lowest BCUT2D eigenvalue weighted by atomic mass is 10.0. The molecule has 0 saturated heterocycles. The molecule has 1 nitrogen and oxygen atoms in total. The van der Waals surface area contributed by atoms with Crippen LogP contribution in [0.2, 0.25) is 0 Å². The largest absolute Gasteiger partial charge is 0.349 e. The lowest BCUT2D eigenvalue weighted by Gasteiger charge is -2.07. The van der Waals surface area contributed by atoms with Gasteiger partial charge in [-0.05, 0) is 52.6 Å². The molecule has 0 heterocycles. The fourth-order valence-electron chi connectivity index (χ4n) is 2.81. The summed E-state index contributed by atoms with van der Waals surface area (Å²) in [6, 6.07) is 39.3. The molecule has 0 atom stereocenters. The summed E-state index contributed by atoms with van der Waals surface area (Å²) in [6.07, 6.45) is 0. The van der Waals surface area contributed by atoms with Crippen LogP contribution in [0.25, 0.3) is 22.3 Å². The van der Waals surface area contributed by atoms with Crippen LogP contribution in [0, 0.1) is 12.1 Å². The topological polar surface area (TPSA) is 12.0 Å². The van der Waals surface area contributed by atoms with E-state index < -0.39 is 0 Å².